The van der Waals surface area contributed by atoms with Crippen molar-refractivity contribution in [2.45, 2.75) is 23.9 Å². The number of rotatable bonds is 3. The number of piperidine rings is 1. The SMILES string of the molecule is O=C(O)[C@@H]1CC2C(=Nc3ccccc32)C(CO)(CO)N1. The van der Waals surface area contributed by atoms with E-state index in [-0.39, 0.29) is 5.92 Å². The molecule has 2 aliphatic rings. The maximum Gasteiger partial charge on any atom is 0.320 e. The molecule has 106 valence electrons. The van der Waals surface area contributed by atoms with Crippen molar-refractivity contribution in [3.05, 3.63) is 29.8 Å². The molecule has 1 aromatic rings. The van der Waals surface area contributed by atoms with E-state index in [2.05, 4.69) is 10.3 Å². The standard InChI is InChI=1S/C14H16N2O4/c17-6-14(7-18)12-9(5-11(16-14)13(19)20)8-3-1-2-4-10(8)15-12/h1-4,9,11,16-18H,5-7H2,(H,19,20)/t9?,11-/m0/s1. The number of aliphatic hydroxyl groups excluding tert-OH is 2. The highest BCUT2D eigenvalue weighted by molar-refractivity contribution is 6.06. The number of carboxylic acids is 1. The van der Waals surface area contributed by atoms with Crippen LogP contribution in [-0.2, 0) is 4.79 Å². The summed E-state index contributed by atoms with van der Waals surface area (Å²) in [5, 5.41) is 31.4. The molecule has 0 bridgehead atoms. The van der Waals surface area contributed by atoms with E-state index in [1.807, 2.05) is 24.3 Å². The second-order valence-electron chi connectivity index (χ2n) is 5.28. The molecule has 3 rings (SSSR count). The molecule has 1 aromatic carbocycles. The number of hydrogen-bond donors (Lipinski definition) is 4. The molecule has 6 nitrogen and oxygen atoms in total. The lowest BCUT2D eigenvalue weighted by Gasteiger charge is -2.42. The fourth-order valence-electron chi connectivity index (χ4n) is 3.09. The highest BCUT2D eigenvalue weighted by Crippen LogP contribution is 2.43. The number of aliphatic hydroxyl groups is 2. The van der Waals surface area contributed by atoms with Gasteiger partial charge >= 0.3 is 5.97 Å². The molecule has 1 fully saturated rings. The molecule has 1 unspecified atom stereocenters. The number of fused-ring (bicyclic) bond motifs is 3. The number of carbonyl (C=O) groups is 1. The second-order valence-corrected chi connectivity index (χ2v) is 5.28. The van der Waals surface area contributed by atoms with E-state index in [4.69, 9.17) is 0 Å². The number of benzene rings is 1. The van der Waals surface area contributed by atoms with Gasteiger partial charge in [0.25, 0.3) is 0 Å². The maximum atomic E-state index is 11.3. The molecule has 1 saturated heterocycles. The van der Waals surface area contributed by atoms with Crippen LogP contribution in [0, 0.1) is 0 Å². The van der Waals surface area contributed by atoms with Crippen LogP contribution in [0.4, 0.5) is 5.69 Å². The molecule has 6 heteroatoms. The average Bonchev–Trinajstić information content (AvgIpc) is 2.85. The minimum Gasteiger partial charge on any atom is -0.480 e. The maximum absolute atomic E-state index is 11.3. The van der Waals surface area contributed by atoms with Crippen molar-refractivity contribution < 1.29 is 20.1 Å². The first-order valence-electron chi connectivity index (χ1n) is 6.51. The first-order chi connectivity index (χ1) is 9.61. The van der Waals surface area contributed by atoms with Crippen LogP contribution in [0.3, 0.4) is 0 Å². The van der Waals surface area contributed by atoms with Gasteiger partial charge in [-0.25, -0.2) is 0 Å². The number of aliphatic imine (C=N–C) groups is 1. The van der Waals surface area contributed by atoms with Gasteiger partial charge in [-0.1, -0.05) is 18.2 Å². The zero-order valence-electron chi connectivity index (χ0n) is 10.8. The van der Waals surface area contributed by atoms with Gasteiger partial charge in [-0.15, -0.1) is 0 Å². The van der Waals surface area contributed by atoms with Crippen molar-refractivity contribution in [3.8, 4) is 0 Å². The molecule has 0 spiro atoms. The molecule has 0 amide bonds. The summed E-state index contributed by atoms with van der Waals surface area (Å²) in [6.45, 7) is -0.785. The van der Waals surface area contributed by atoms with E-state index in [9.17, 15) is 20.1 Å². The minimum absolute atomic E-state index is 0.173. The van der Waals surface area contributed by atoms with Crippen LogP contribution in [0.1, 0.15) is 17.9 Å². The number of nitrogens with one attached hydrogen (secondary N) is 1. The van der Waals surface area contributed by atoms with Crippen molar-refractivity contribution in [3.63, 3.8) is 0 Å². The lowest BCUT2D eigenvalue weighted by atomic mass is 9.76. The Labute approximate surface area is 115 Å². The zero-order chi connectivity index (χ0) is 14.3. The summed E-state index contributed by atoms with van der Waals surface area (Å²) >= 11 is 0. The van der Waals surface area contributed by atoms with Gasteiger partial charge in [-0.3, -0.25) is 15.1 Å². The molecule has 0 saturated carbocycles. The lowest BCUT2D eigenvalue weighted by Crippen LogP contribution is -2.67. The first-order valence-corrected chi connectivity index (χ1v) is 6.51. The third kappa shape index (κ3) is 1.76. The summed E-state index contributed by atoms with van der Waals surface area (Å²) in [5.74, 6) is -1.16. The van der Waals surface area contributed by atoms with Crippen molar-refractivity contribution in [1.29, 1.82) is 0 Å². The average molecular weight is 276 g/mol. The normalized spacial score (nSPS) is 26.6. The van der Waals surface area contributed by atoms with E-state index in [0.717, 1.165) is 11.3 Å². The van der Waals surface area contributed by atoms with Crippen LogP contribution >= 0.6 is 0 Å². The van der Waals surface area contributed by atoms with E-state index >= 15 is 0 Å². The predicted molar refractivity (Wildman–Crippen MR) is 72.4 cm³/mol. The molecule has 0 aliphatic carbocycles. The van der Waals surface area contributed by atoms with Crippen LogP contribution in [0.2, 0.25) is 0 Å². The van der Waals surface area contributed by atoms with Crippen LogP contribution in [0.25, 0.3) is 0 Å². The molecule has 2 aliphatic heterocycles. The van der Waals surface area contributed by atoms with E-state index in [1.165, 1.54) is 0 Å². The fraction of sp³-hybridized carbons (Fsp3) is 0.429. The molecular weight excluding hydrogens is 260 g/mol. The van der Waals surface area contributed by atoms with Crippen LogP contribution in [0.15, 0.2) is 29.3 Å². The largest absolute Gasteiger partial charge is 0.480 e. The summed E-state index contributed by atoms with van der Waals surface area (Å²) in [6, 6.07) is 6.71. The smallest absolute Gasteiger partial charge is 0.320 e. The van der Waals surface area contributed by atoms with Gasteiger partial charge in [0.05, 0.1) is 24.6 Å². The Morgan fingerprint density at radius 2 is 2.05 bits per heavy atom. The van der Waals surface area contributed by atoms with Crippen LogP contribution in [0.5, 0.6) is 0 Å². The Morgan fingerprint density at radius 1 is 1.35 bits per heavy atom. The highest BCUT2D eigenvalue weighted by atomic mass is 16.4. The second kappa shape index (κ2) is 4.66. The van der Waals surface area contributed by atoms with Gasteiger partial charge < -0.3 is 15.3 Å². The third-order valence-electron chi connectivity index (χ3n) is 4.13. The molecule has 2 atom stereocenters. The first kappa shape index (κ1) is 13.2. The van der Waals surface area contributed by atoms with E-state index in [1.54, 1.807) is 0 Å². The van der Waals surface area contributed by atoms with E-state index in [0.29, 0.717) is 12.1 Å². The van der Waals surface area contributed by atoms with Gasteiger partial charge in [0.1, 0.15) is 11.6 Å². The van der Waals surface area contributed by atoms with Gasteiger partial charge in [-0.2, -0.15) is 0 Å². The monoisotopic (exact) mass is 276 g/mol. The van der Waals surface area contributed by atoms with Gasteiger partial charge in [-0.05, 0) is 18.1 Å². The van der Waals surface area contributed by atoms with Crippen molar-refractivity contribution >= 4 is 17.4 Å². The number of hydrogen-bond acceptors (Lipinski definition) is 5. The Kier molecular flexibility index (Phi) is 3.08. The number of para-hydroxylation sites is 1. The Hall–Kier alpha value is -1.76. The molecule has 20 heavy (non-hydrogen) atoms. The highest BCUT2D eigenvalue weighted by Gasteiger charge is 2.50. The number of nitrogens with zero attached hydrogens (tertiary/aromatic N) is 1. The molecule has 2 heterocycles. The van der Waals surface area contributed by atoms with Crippen molar-refractivity contribution in [2.24, 2.45) is 4.99 Å². The summed E-state index contributed by atoms with van der Waals surface area (Å²) in [4.78, 5) is 15.8. The third-order valence-corrected chi connectivity index (χ3v) is 4.13. The molecule has 0 radical (unpaired) electrons. The Bertz CT molecular complexity index is 580. The quantitative estimate of drug-likeness (QED) is 0.623. The zero-order valence-corrected chi connectivity index (χ0v) is 10.8. The van der Waals surface area contributed by atoms with Crippen LogP contribution < -0.4 is 5.32 Å². The fourth-order valence-corrected chi connectivity index (χ4v) is 3.09. The van der Waals surface area contributed by atoms with Crippen LogP contribution in [-0.4, -0.2) is 51.8 Å². The molecule has 0 aromatic heterocycles. The predicted octanol–water partition coefficient (Wildman–Crippen LogP) is 0.0262. The van der Waals surface area contributed by atoms with Crippen molar-refractivity contribution in [1.82, 2.24) is 5.32 Å². The molecule has 4 N–H and O–H groups in total. The summed E-state index contributed by atoms with van der Waals surface area (Å²) in [7, 11) is 0. The summed E-state index contributed by atoms with van der Waals surface area (Å²) < 4.78 is 0. The van der Waals surface area contributed by atoms with Crippen molar-refractivity contribution in [2.75, 3.05) is 13.2 Å². The number of aliphatic carboxylic acids is 1. The topological polar surface area (TPSA) is 102 Å². The minimum atomic E-state index is -1.18. The summed E-state index contributed by atoms with van der Waals surface area (Å²) in [5.41, 5.74) is 1.19. The lowest BCUT2D eigenvalue weighted by molar-refractivity contribution is -0.140. The number of carboxylic acid groups (broad SMARTS) is 1. The van der Waals surface area contributed by atoms with Gasteiger partial charge in [0, 0.05) is 5.92 Å². The van der Waals surface area contributed by atoms with Gasteiger partial charge in [0.15, 0.2) is 0 Å². The van der Waals surface area contributed by atoms with E-state index < -0.39 is 30.8 Å². The molecular formula is C14H16N2O4. The summed E-state index contributed by atoms with van der Waals surface area (Å²) in [6.07, 6.45) is 0.368. The Balaban J connectivity index is 2.09. The van der Waals surface area contributed by atoms with Gasteiger partial charge in [0.2, 0.25) is 0 Å². The Morgan fingerprint density at radius 3 is 2.70 bits per heavy atom.